The largest absolute Gasteiger partial charge is 0.453 e. The lowest BCUT2D eigenvalue weighted by atomic mass is 10.1. The predicted molar refractivity (Wildman–Crippen MR) is 177 cm³/mol. The molecule has 2 aliphatic heterocycles. The van der Waals surface area contributed by atoms with Crippen LogP contribution in [0.1, 0.15) is 17.5 Å². The van der Waals surface area contributed by atoms with Crippen molar-refractivity contribution in [1.82, 2.24) is 39.6 Å². The van der Waals surface area contributed by atoms with Crippen molar-refractivity contribution in [2.24, 2.45) is 0 Å². The second-order valence-corrected chi connectivity index (χ2v) is 12.1. The summed E-state index contributed by atoms with van der Waals surface area (Å²) in [6, 6.07) is 2.64. The van der Waals surface area contributed by atoms with Gasteiger partial charge in [-0.25, -0.2) is 19.3 Å². The summed E-state index contributed by atoms with van der Waals surface area (Å²) in [5, 5.41) is 9.29. The fourth-order valence-corrected chi connectivity index (χ4v) is 5.61. The number of piperazine rings is 1. The summed E-state index contributed by atoms with van der Waals surface area (Å²) in [5.74, 6) is -0.527. The third kappa shape index (κ3) is 9.45. The van der Waals surface area contributed by atoms with Gasteiger partial charge in [0.1, 0.15) is 11.3 Å². The molecular weight excluding hydrogens is 661 g/mol. The molecule has 50 heavy (non-hydrogen) atoms. The summed E-state index contributed by atoms with van der Waals surface area (Å²) in [7, 11) is 5.00. The number of anilines is 2. The first-order valence-corrected chi connectivity index (χ1v) is 16.1. The molecule has 2 aliphatic rings. The molecule has 0 bridgehead atoms. The number of ether oxygens (including phenoxy) is 2. The molecule has 3 aromatic rings. The first kappa shape index (κ1) is 36.5. The van der Waals surface area contributed by atoms with E-state index in [9.17, 15) is 27.6 Å². The number of hydrogen-bond donors (Lipinski definition) is 2. The Morgan fingerprint density at radius 1 is 1.08 bits per heavy atom. The number of rotatable bonds is 11. The van der Waals surface area contributed by atoms with E-state index in [0.29, 0.717) is 70.4 Å². The molecule has 3 amide bonds. The average Bonchev–Trinajstić information content (AvgIpc) is 3.51. The molecule has 5 rings (SSSR count). The van der Waals surface area contributed by atoms with Crippen molar-refractivity contribution < 1.29 is 37.0 Å². The molecule has 0 unspecified atom stereocenters. The second-order valence-electron chi connectivity index (χ2n) is 12.1. The van der Waals surface area contributed by atoms with E-state index in [-0.39, 0.29) is 35.6 Å². The SMILES string of the molecule is COC(=O)Nc1cc(C(F)(F)F)c(-c2nc(N3CCOCC3)c3cc(CN4CCN(C(=O)CNC(=O)/C=C/CCN(C)C)CC4)cn3n2)cn1. The summed E-state index contributed by atoms with van der Waals surface area (Å²) in [6.45, 7) is 5.25. The van der Waals surface area contributed by atoms with Crippen molar-refractivity contribution in [3.63, 3.8) is 0 Å². The molecule has 0 aliphatic carbocycles. The van der Waals surface area contributed by atoms with Crippen LogP contribution in [0, 0.1) is 0 Å². The summed E-state index contributed by atoms with van der Waals surface area (Å²) >= 11 is 0. The lowest BCUT2D eigenvalue weighted by molar-refractivity contribution is -0.137. The van der Waals surface area contributed by atoms with Crippen molar-refractivity contribution >= 4 is 35.1 Å². The Morgan fingerprint density at radius 3 is 2.50 bits per heavy atom. The topological polar surface area (TPSA) is 150 Å². The number of alkyl halides is 3. The summed E-state index contributed by atoms with van der Waals surface area (Å²) in [6.07, 6.45) is 0.944. The van der Waals surface area contributed by atoms with E-state index < -0.39 is 17.8 Å². The van der Waals surface area contributed by atoms with Crippen LogP contribution < -0.4 is 15.5 Å². The van der Waals surface area contributed by atoms with E-state index >= 15 is 0 Å². The number of carbonyl (C=O) groups is 3. The number of nitrogens with one attached hydrogen (secondary N) is 2. The maximum Gasteiger partial charge on any atom is 0.417 e. The molecule has 2 N–H and O–H groups in total. The van der Waals surface area contributed by atoms with Crippen LogP contribution in [0.3, 0.4) is 0 Å². The van der Waals surface area contributed by atoms with E-state index in [4.69, 9.17) is 4.74 Å². The van der Waals surface area contributed by atoms with Gasteiger partial charge in [0, 0.05) is 64.8 Å². The smallest absolute Gasteiger partial charge is 0.417 e. The van der Waals surface area contributed by atoms with Crippen LogP contribution in [-0.2, 0) is 31.8 Å². The molecule has 5 heterocycles. The van der Waals surface area contributed by atoms with E-state index in [1.807, 2.05) is 30.0 Å². The molecule has 2 saturated heterocycles. The van der Waals surface area contributed by atoms with Gasteiger partial charge in [-0.2, -0.15) is 13.2 Å². The lowest BCUT2D eigenvalue weighted by Gasteiger charge is -2.34. The molecular formula is C32H41F3N10O5. The van der Waals surface area contributed by atoms with Gasteiger partial charge in [-0.3, -0.25) is 19.8 Å². The highest BCUT2D eigenvalue weighted by molar-refractivity contribution is 5.91. The third-order valence-electron chi connectivity index (χ3n) is 8.23. The number of fused-ring (bicyclic) bond motifs is 1. The highest BCUT2D eigenvalue weighted by atomic mass is 19.4. The highest BCUT2D eigenvalue weighted by Crippen LogP contribution is 2.38. The van der Waals surface area contributed by atoms with Gasteiger partial charge in [0.25, 0.3) is 0 Å². The highest BCUT2D eigenvalue weighted by Gasteiger charge is 2.36. The van der Waals surface area contributed by atoms with Crippen LogP contribution in [0.15, 0.2) is 36.7 Å². The molecule has 2 fully saturated rings. The fraction of sp³-hybridized carbons (Fsp3) is 0.500. The zero-order chi connectivity index (χ0) is 35.8. The summed E-state index contributed by atoms with van der Waals surface area (Å²) < 4.78 is 54.4. The molecule has 15 nitrogen and oxygen atoms in total. The van der Waals surface area contributed by atoms with Crippen LogP contribution in [0.2, 0.25) is 0 Å². The lowest BCUT2D eigenvalue weighted by Crippen LogP contribution is -2.50. The summed E-state index contributed by atoms with van der Waals surface area (Å²) in [5.41, 5.74) is 0.0706. The number of amides is 3. The Balaban J connectivity index is 1.30. The molecule has 0 spiro atoms. The first-order chi connectivity index (χ1) is 23.9. The van der Waals surface area contributed by atoms with Crippen LogP contribution in [0.4, 0.5) is 29.6 Å². The van der Waals surface area contributed by atoms with Gasteiger partial charge < -0.3 is 29.5 Å². The number of morpholine rings is 1. The number of aromatic nitrogens is 4. The van der Waals surface area contributed by atoms with Gasteiger partial charge in [-0.05, 0) is 44.3 Å². The molecule has 0 aromatic carbocycles. The van der Waals surface area contributed by atoms with Gasteiger partial charge in [0.15, 0.2) is 11.6 Å². The van der Waals surface area contributed by atoms with E-state index in [1.54, 1.807) is 17.2 Å². The zero-order valence-electron chi connectivity index (χ0n) is 28.2. The Labute approximate surface area is 287 Å². The summed E-state index contributed by atoms with van der Waals surface area (Å²) in [4.78, 5) is 52.9. The number of methoxy groups -OCH3 is 1. The van der Waals surface area contributed by atoms with Gasteiger partial charge in [-0.15, -0.1) is 5.10 Å². The normalized spacial score (nSPS) is 16.0. The van der Waals surface area contributed by atoms with E-state index in [1.165, 1.54) is 10.6 Å². The van der Waals surface area contributed by atoms with E-state index in [0.717, 1.165) is 37.9 Å². The second kappa shape index (κ2) is 16.3. The quantitative estimate of drug-likeness (QED) is 0.283. The number of halogens is 3. The number of nitrogens with zero attached hydrogens (tertiary/aromatic N) is 8. The molecule has 18 heteroatoms. The van der Waals surface area contributed by atoms with Crippen molar-refractivity contribution in [3.05, 3.63) is 47.8 Å². The van der Waals surface area contributed by atoms with Crippen LogP contribution in [-0.4, -0.2) is 139 Å². The monoisotopic (exact) mass is 702 g/mol. The van der Waals surface area contributed by atoms with Gasteiger partial charge in [0.2, 0.25) is 11.8 Å². The standard InChI is InChI=1S/C32H41F3N10O5/c1-41(2)7-5-4-6-27(46)37-19-28(47)43-10-8-42(9-11-43)20-22-16-25-30(44-12-14-50-15-13-44)39-29(40-45(25)21-22)23-18-36-26(38-31(48)49-3)17-24(23)32(33,34)35/h4,6,16-18,21H,5,7-15,19-20H2,1-3H3,(H,37,46)(H,36,38,48)/b6-4+. The van der Waals surface area contributed by atoms with Crippen molar-refractivity contribution in [3.8, 4) is 11.4 Å². The van der Waals surface area contributed by atoms with Crippen LogP contribution in [0.25, 0.3) is 16.9 Å². The van der Waals surface area contributed by atoms with Crippen molar-refractivity contribution in [2.45, 2.75) is 19.1 Å². The third-order valence-corrected chi connectivity index (χ3v) is 8.23. The molecule has 0 radical (unpaired) electrons. The maximum atomic E-state index is 14.3. The first-order valence-electron chi connectivity index (χ1n) is 16.1. The van der Waals surface area contributed by atoms with Gasteiger partial charge in [0.05, 0.1) is 38.0 Å². The number of hydrogen-bond acceptors (Lipinski definition) is 11. The Morgan fingerprint density at radius 2 is 1.82 bits per heavy atom. The fourth-order valence-electron chi connectivity index (χ4n) is 5.61. The molecule has 0 atom stereocenters. The maximum absolute atomic E-state index is 14.3. The van der Waals surface area contributed by atoms with Crippen molar-refractivity contribution in [2.75, 3.05) is 97.0 Å². The molecule has 0 saturated carbocycles. The Hall–Kier alpha value is -4.81. The minimum atomic E-state index is -4.80. The van der Waals surface area contributed by atoms with Crippen LogP contribution >= 0.6 is 0 Å². The van der Waals surface area contributed by atoms with Crippen molar-refractivity contribution in [1.29, 1.82) is 0 Å². The van der Waals surface area contributed by atoms with Gasteiger partial charge >= 0.3 is 12.3 Å². The van der Waals surface area contributed by atoms with E-state index in [2.05, 4.69) is 35.3 Å². The zero-order valence-corrected chi connectivity index (χ0v) is 28.2. The Bertz CT molecular complexity index is 1700. The molecule has 3 aromatic heterocycles. The Kier molecular flexibility index (Phi) is 11.9. The predicted octanol–water partition coefficient (Wildman–Crippen LogP) is 2.09. The number of carbonyl (C=O) groups excluding carboxylic acids is 3. The average molecular weight is 703 g/mol. The minimum Gasteiger partial charge on any atom is -0.453 e. The molecule has 270 valence electrons. The van der Waals surface area contributed by atoms with Gasteiger partial charge in [-0.1, -0.05) is 6.08 Å². The number of pyridine rings is 1. The van der Waals surface area contributed by atoms with Crippen LogP contribution in [0.5, 0.6) is 0 Å². The minimum absolute atomic E-state index is 0.0802.